The summed E-state index contributed by atoms with van der Waals surface area (Å²) in [6.07, 6.45) is 0.152. The van der Waals surface area contributed by atoms with Crippen LogP contribution in [0, 0.1) is 13.8 Å². The molecule has 0 saturated carbocycles. The number of nitrogens with zero attached hydrogens (tertiary/aromatic N) is 2. The van der Waals surface area contributed by atoms with Gasteiger partial charge in [0, 0.05) is 29.7 Å². The summed E-state index contributed by atoms with van der Waals surface area (Å²) in [5.74, 6) is -0.466. The molecule has 0 fully saturated rings. The zero-order valence-electron chi connectivity index (χ0n) is 17.3. The Morgan fingerprint density at radius 1 is 1.00 bits per heavy atom. The molecule has 1 aromatic heterocycles. The van der Waals surface area contributed by atoms with Crippen LogP contribution in [0.15, 0.2) is 42.5 Å². The van der Waals surface area contributed by atoms with Crippen molar-refractivity contribution in [2.24, 2.45) is 0 Å². The van der Waals surface area contributed by atoms with Crippen molar-refractivity contribution in [3.05, 3.63) is 69.5 Å². The first kappa shape index (κ1) is 22.8. The molecule has 3 rings (SSSR count). The molecule has 162 valence electrons. The lowest BCUT2D eigenvalue weighted by Crippen LogP contribution is -2.18. The zero-order chi connectivity index (χ0) is 22.5. The maximum Gasteiger partial charge on any atom is 0.250 e. The largest absolute Gasteiger partial charge is 0.375 e. The highest BCUT2D eigenvalue weighted by atomic mass is 35.5. The van der Waals surface area contributed by atoms with E-state index in [1.54, 1.807) is 41.1 Å². The van der Waals surface area contributed by atoms with Gasteiger partial charge in [-0.15, -0.1) is 0 Å². The van der Waals surface area contributed by atoms with Gasteiger partial charge in [-0.05, 0) is 50.2 Å². The van der Waals surface area contributed by atoms with Crippen LogP contribution in [0.5, 0.6) is 0 Å². The second kappa shape index (κ2) is 9.96. The SMILES string of the molecule is COCC(=O)Nc1cccc(NC(=O)Cc2c(C)nn(-c3ccc(Cl)c(Cl)c3)c2C)c1. The fraction of sp³-hybridized carbons (Fsp3) is 0.227. The van der Waals surface area contributed by atoms with E-state index in [-0.39, 0.29) is 24.8 Å². The average Bonchev–Trinajstić information content (AvgIpc) is 2.98. The Labute approximate surface area is 190 Å². The summed E-state index contributed by atoms with van der Waals surface area (Å²) in [6, 6.07) is 12.2. The average molecular weight is 461 g/mol. The Hall–Kier alpha value is -2.87. The third-order valence-corrected chi connectivity index (χ3v) is 5.37. The van der Waals surface area contributed by atoms with Gasteiger partial charge in [-0.1, -0.05) is 29.3 Å². The van der Waals surface area contributed by atoms with E-state index in [9.17, 15) is 9.59 Å². The van der Waals surface area contributed by atoms with E-state index < -0.39 is 0 Å². The Bertz CT molecular complexity index is 1130. The van der Waals surface area contributed by atoms with Crippen molar-refractivity contribution in [2.45, 2.75) is 20.3 Å². The molecular formula is C22H22Cl2N4O3. The topological polar surface area (TPSA) is 85.2 Å². The van der Waals surface area contributed by atoms with E-state index in [4.69, 9.17) is 27.9 Å². The van der Waals surface area contributed by atoms with Crippen LogP contribution in [0.4, 0.5) is 11.4 Å². The van der Waals surface area contributed by atoms with Crippen LogP contribution in [0.25, 0.3) is 5.69 Å². The third kappa shape index (κ3) is 5.64. The first-order chi connectivity index (χ1) is 14.8. The summed E-state index contributed by atoms with van der Waals surface area (Å²) < 4.78 is 6.54. The third-order valence-electron chi connectivity index (χ3n) is 4.63. The molecule has 7 nitrogen and oxygen atoms in total. The lowest BCUT2D eigenvalue weighted by molar-refractivity contribution is -0.119. The van der Waals surface area contributed by atoms with E-state index in [1.165, 1.54) is 7.11 Å². The summed E-state index contributed by atoms with van der Waals surface area (Å²) in [6.45, 7) is 3.71. The second-order valence-electron chi connectivity index (χ2n) is 6.95. The number of amides is 2. The van der Waals surface area contributed by atoms with E-state index in [0.29, 0.717) is 21.4 Å². The monoisotopic (exact) mass is 460 g/mol. The van der Waals surface area contributed by atoms with Crippen LogP contribution in [0.3, 0.4) is 0 Å². The molecule has 0 radical (unpaired) electrons. The summed E-state index contributed by atoms with van der Waals surface area (Å²) in [5, 5.41) is 11.0. The van der Waals surface area contributed by atoms with Crippen LogP contribution in [0.2, 0.25) is 10.0 Å². The van der Waals surface area contributed by atoms with Gasteiger partial charge in [0.1, 0.15) is 6.61 Å². The molecule has 2 amide bonds. The van der Waals surface area contributed by atoms with Crippen LogP contribution < -0.4 is 10.6 Å². The normalized spacial score (nSPS) is 10.7. The van der Waals surface area contributed by atoms with Crippen molar-refractivity contribution in [2.75, 3.05) is 24.4 Å². The van der Waals surface area contributed by atoms with Gasteiger partial charge < -0.3 is 15.4 Å². The van der Waals surface area contributed by atoms with Crippen LogP contribution >= 0.6 is 23.2 Å². The number of carbonyl (C=O) groups is 2. The minimum absolute atomic E-state index is 0.0437. The predicted octanol–water partition coefficient (Wildman–Crippen LogP) is 4.56. The fourth-order valence-corrected chi connectivity index (χ4v) is 3.46. The van der Waals surface area contributed by atoms with Gasteiger partial charge in [-0.25, -0.2) is 4.68 Å². The molecule has 0 aliphatic heterocycles. The fourth-order valence-electron chi connectivity index (χ4n) is 3.17. The lowest BCUT2D eigenvalue weighted by atomic mass is 10.1. The molecule has 0 bridgehead atoms. The highest BCUT2D eigenvalue weighted by Crippen LogP contribution is 2.26. The van der Waals surface area contributed by atoms with Gasteiger partial charge in [-0.3, -0.25) is 9.59 Å². The van der Waals surface area contributed by atoms with E-state index in [2.05, 4.69) is 15.7 Å². The number of halogens is 2. The quantitative estimate of drug-likeness (QED) is 0.540. The van der Waals surface area contributed by atoms with Crippen LogP contribution in [-0.4, -0.2) is 35.3 Å². The molecule has 0 spiro atoms. The van der Waals surface area contributed by atoms with E-state index in [1.807, 2.05) is 19.9 Å². The molecule has 0 atom stereocenters. The number of aryl methyl sites for hydroxylation is 1. The molecular weight excluding hydrogens is 439 g/mol. The van der Waals surface area contributed by atoms with Gasteiger partial charge in [0.05, 0.1) is 27.8 Å². The number of rotatable bonds is 7. The van der Waals surface area contributed by atoms with Crippen LogP contribution in [0.1, 0.15) is 17.0 Å². The van der Waals surface area contributed by atoms with Crippen molar-refractivity contribution >= 4 is 46.4 Å². The molecule has 0 aliphatic rings. The van der Waals surface area contributed by atoms with Gasteiger partial charge >= 0.3 is 0 Å². The molecule has 0 aliphatic carbocycles. The Morgan fingerprint density at radius 2 is 1.68 bits per heavy atom. The number of carbonyl (C=O) groups excluding carboxylic acids is 2. The Kier molecular flexibility index (Phi) is 7.33. The van der Waals surface area contributed by atoms with Gasteiger partial charge in [0.25, 0.3) is 0 Å². The standard InChI is InChI=1S/C22H22Cl2N4O3/c1-13-18(14(2)28(27-13)17-7-8-19(23)20(24)10-17)11-21(29)25-15-5-4-6-16(9-15)26-22(30)12-31-3/h4-10H,11-12H2,1-3H3,(H,25,29)(H,26,30). The Balaban J connectivity index is 1.73. The number of hydrogen-bond acceptors (Lipinski definition) is 4. The molecule has 9 heteroatoms. The minimum Gasteiger partial charge on any atom is -0.375 e. The first-order valence-corrected chi connectivity index (χ1v) is 10.2. The minimum atomic E-state index is -0.271. The molecule has 0 unspecified atom stereocenters. The lowest BCUT2D eigenvalue weighted by Gasteiger charge is -2.09. The van der Waals surface area contributed by atoms with E-state index in [0.717, 1.165) is 22.6 Å². The number of anilines is 2. The van der Waals surface area contributed by atoms with Crippen molar-refractivity contribution in [3.63, 3.8) is 0 Å². The van der Waals surface area contributed by atoms with Crippen molar-refractivity contribution in [1.29, 1.82) is 0 Å². The molecule has 3 aromatic rings. The summed E-state index contributed by atoms with van der Waals surface area (Å²) in [5.41, 5.74) is 4.33. The smallest absolute Gasteiger partial charge is 0.250 e. The molecule has 1 heterocycles. The number of methoxy groups -OCH3 is 1. The Morgan fingerprint density at radius 3 is 2.32 bits per heavy atom. The van der Waals surface area contributed by atoms with E-state index >= 15 is 0 Å². The number of ether oxygens (including phenoxy) is 1. The maximum absolute atomic E-state index is 12.7. The van der Waals surface area contributed by atoms with Crippen molar-refractivity contribution in [1.82, 2.24) is 9.78 Å². The van der Waals surface area contributed by atoms with Crippen molar-refractivity contribution < 1.29 is 14.3 Å². The zero-order valence-corrected chi connectivity index (χ0v) is 18.8. The number of hydrogen-bond donors (Lipinski definition) is 2. The van der Waals surface area contributed by atoms with Crippen molar-refractivity contribution in [3.8, 4) is 5.69 Å². The molecule has 0 saturated heterocycles. The highest BCUT2D eigenvalue weighted by Gasteiger charge is 2.17. The highest BCUT2D eigenvalue weighted by molar-refractivity contribution is 6.42. The number of nitrogens with one attached hydrogen (secondary N) is 2. The van der Waals surface area contributed by atoms with Crippen LogP contribution in [-0.2, 0) is 20.7 Å². The van der Waals surface area contributed by atoms with Gasteiger partial charge in [0.2, 0.25) is 11.8 Å². The van der Waals surface area contributed by atoms with Gasteiger partial charge in [-0.2, -0.15) is 5.10 Å². The summed E-state index contributed by atoms with van der Waals surface area (Å²) >= 11 is 12.1. The predicted molar refractivity (Wildman–Crippen MR) is 122 cm³/mol. The molecule has 2 aromatic carbocycles. The number of benzene rings is 2. The second-order valence-corrected chi connectivity index (χ2v) is 7.76. The molecule has 2 N–H and O–H groups in total. The maximum atomic E-state index is 12.7. The summed E-state index contributed by atoms with van der Waals surface area (Å²) in [7, 11) is 1.45. The molecule has 31 heavy (non-hydrogen) atoms. The first-order valence-electron chi connectivity index (χ1n) is 9.47. The summed E-state index contributed by atoms with van der Waals surface area (Å²) in [4.78, 5) is 24.3. The number of aromatic nitrogens is 2. The van der Waals surface area contributed by atoms with Gasteiger partial charge in [0.15, 0.2) is 0 Å².